The third-order valence-corrected chi connectivity index (χ3v) is 3.70. The predicted molar refractivity (Wildman–Crippen MR) is 68.3 cm³/mol. The van der Waals surface area contributed by atoms with Crippen LogP contribution in [-0.2, 0) is 23.7 Å². The average molecular weight is 291 g/mol. The van der Waals surface area contributed by atoms with Crippen molar-refractivity contribution in [2.45, 2.75) is 23.1 Å². The van der Waals surface area contributed by atoms with Crippen molar-refractivity contribution in [3.8, 4) is 0 Å². The summed E-state index contributed by atoms with van der Waals surface area (Å²) in [6, 6.07) is 0. The van der Waals surface area contributed by atoms with Gasteiger partial charge >= 0.3 is 5.97 Å². The normalized spacial score (nSPS) is 41.1. The van der Waals surface area contributed by atoms with Crippen LogP contribution < -0.4 is 17.2 Å². The van der Waals surface area contributed by atoms with Crippen LogP contribution in [0.4, 0.5) is 0 Å². The molecule has 0 aliphatic heterocycles. The maximum absolute atomic E-state index is 11.6. The molecule has 116 valence electrons. The summed E-state index contributed by atoms with van der Waals surface area (Å²) in [5, 5.41) is 9.43. The molecule has 0 amide bonds. The first-order chi connectivity index (χ1) is 9.18. The van der Waals surface area contributed by atoms with E-state index in [0.29, 0.717) is 0 Å². The Bertz CT molecular complexity index is 430. The van der Waals surface area contributed by atoms with Crippen molar-refractivity contribution in [3.63, 3.8) is 0 Å². The molecular formula is C11H21N3O6. The number of methoxy groups -OCH3 is 4. The van der Waals surface area contributed by atoms with Gasteiger partial charge < -0.3 is 29.8 Å². The van der Waals surface area contributed by atoms with E-state index in [1.165, 1.54) is 28.4 Å². The van der Waals surface area contributed by atoms with Crippen molar-refractivity contribution >= 4 is 5.97 Å². The van der Waals surface area contributed by atoms with Gasteiger partial charge in [0.25, 0.3) is 0 Å². The van der Waals surface area contributed by atoms with E-state index in [-0.39, 0.29) is 5.76 Å². The fourth-order valence-corrected chi connectivity index (χ4v) is 2.40. The average Bonchev–Trinajstić information content (AvgIpc) is 2.43. The molecule has 4 unspecified atom stereocenters. The molecule has 4 atom stereocenters. The van der Waals surface area contributed by atoms with Crippen molar-refractivity contribution in [1.29, 1.82) is 0 Å². The molecule has 1 rings (SSSR count). The van der Waals surface area contributed by atoms with Gasteiger partial charge in [-0.2, -0.15) is 0 Å². The van der Waals surface area contributed by atoms with Crippen LogP contribution in [0.2, 0.25) is 0 Å². The van der Waals surface area contributed by atoms with Crippen molar-refractivity contribution in [2.24, 2.45) is 17.2 Å². The van der Waals surface area contributed by atoms with E-state index in [1.807, 2.05) is 0 Å². The highest BCUT2D eigenvalue weighted by atomic mass is 16.6. The maximum Gasteiger partial charge on any atom is 0.332 e. The molecule has 0 saturated carbocycles. The van der Waals surface area contributed by atoms with Gasteiger partial charge in [0.05, 0.1) is 7.11 Å². The first-order valence-corrected chi connectivity index (χ1v) is 5.68. The van der Waals surface area contributed by atoms with Gasteiger partial charge in [0, 0.05) is 21.3 Å². The van der Waals surface area contributed by atoms with Gasteiger partial charge in [0.1, 0.15) is 5.76 Å². The molecule has 9 nitrogen and oxygen atoms in total. The Morgan fingerprint density at radius 2 is 1.75 bits per heavy atom. The molecular weight excluding hydrogens is 270 g/mol. The second-order valence-electron chi connectivity index (χ2n) is 4.48. The molecule has 9 heteroatoms. The van der Waals surface area contributed by atoms with Gasteiger partial charge in [-0.3, -0.25) is 11.5 Å². The monoisotopic (exact) mass is 291 g/mol. The minimum Gasteiger partial charge on any atom is -0.498 e. The van der Waals surface area contributed by atoms with E-state index >= 15 is 0 Å². The van der Waals surface area contributed by atoms with Crippen LogP contribution in [0.15, 0.2) is 11.8 Å². The summed E-state index contributed by atoms with van der Waals surface area (Å²) in [4.78, 5) is 11.6. The molecule has 0 aromatic carbocycles. The van der Waals surface area contributed by atoms with E-state index in [9.17, 15) is 9.90 Å². The summed E-state index contributed by atoms with van der Waals surface area (Å²) in [7, 11) is 5.10. The van der Waals surface area contributed by atoms with Gasteiger partial charge in [-0.25, -0.2) is 4.79 Å². The molecule has 7 N–H and O–H groups in total. The zero-order valence-electron chi connectivity index (χ0n) is 11.9. The Balaban J connectivity index is 3.67. The summed E-state index contributed by atoms with van der Waals surface area (Å²) < 4.78 is 20.7. The number of aliphatic carboxylic acids is 1. The van der Waals surface area contributed by atoms with Crippen molar-refractivity contribution < 1.29 is 28.8 Å². The number of hydrogen-bond donors (Lipinski definition) is 4. The number of ether oxygens (including phenoxy) is 4. The Kier molecular flexibility index (Phi) is 4.44. The molecule has 0 saturated heterocycles. The van der Waals surface area contributed by atoms with E-state index in [2.05, 4.69) is 0 Å². The number of carboxylic acids is 1. The number of carbonyl (C=O) groups is 1. The van der Waals surface area contributed by atoms with E-state index in [1.54, 1.807) is 0 Å². The lowest BCUT2D eigenvalue weighted by atomic mass is 9.72. The lowest BCUT2D eigenvalue weighted by Crippen LogP contribution is -2.87. The van der Waals surface area contributed by atoms with Crippen LogP contribution in [0.5, 0.6) is 0 Å². The highest BCUT2D eigenvalue weighted by Crippen LogP contribution is 2.41. The highest BCUT2D eigenvalue weighted by molar-refractivity contribution is 5.84. The third kappa shape index (κ3) is 1.83. The first kappa shape index (κ1) is 16.8. The van der Waals surface area contributed by atoms with E-state index in [4.69, 9.17) is 36.1 Å². The maximum atomic E-state index is 11.6. The van der Waals surface area contributed by atoms with Gasteiger partial charge in [-0.15, -0.1) is 0 Å². The quantitative estimate of drug-likeness (QED) is 0.418. The Labute approximate surface area is 116 Å². The lowest BCUT2D eigenvalue weighted by Gasteiger charge is -2.55. The second-order valence-corrected chi connectivity index (χ2v) is 4.48. The Morgan fingerprint density at radius 1 is 1.20 bits per heavy atom. The Morgan fingerprint density at radius 3 is 2.05 bits per heavy atom. The molecule has 1 aliphatic carbocycles. The fourth-order valence-electron chi connectivity index (χ4n) is 2.40. The zero-order chi connectivity index (χ0) is 15.8. The van der Waals surface area contributed by atoms with E-state index < -0.39 is 29.1 Å². The first-order valence-electron chi connectivity index (χ1n) is 5.68. The number of rotatable bonds is 5. The van der Waals surface area contributed by atoms with Crippen LogP contribution in [0, 0.1) is 0 Å². The largest absolute Gasteiger partial charge is 0.498 e. The van der Waals surface area contributed by atoms with Crippen LogP contribution >= 0.6 is 0 Å². The van der Waals surface area contributed by atoms with Crippen molar-refractivity contribution in [2.75, 3.05) is 28.4 Å². The SMILES string of the molecule is COC1=CC(N)(C(=O)O)C(N)(OC)C(N)(OC)C1OC. The molecule has 0 heterocycles. The van der Waals surface area contributed by atoms with Crippen LogP contribution in [0.3, 0.4) is 0 Å². The summed E-state index contributed by atoms with van der Waals surface area (Å²) in [6.45, 7) is 0. The van der Waals surface area contributed by atoms with E-state index in [0.717, 1.165) is 6.08 Å². The number of hydrogen-bond acceptors (Lipinski definition) is 8. The van der Waals surface area contributed by atoms with Crippen molar-refractivity contribution in [3.05, 3.63) is 11.8 Å². The molecule has 0 bridgehead atoms. The molecule has 20 heavy (non-hydrogen) atoms. The standard InChI is InChI=1S/C11H21N3O6/c1-17-6-5-9(12,8(15)16)11(14,20-4)10(13,19-3)7(6)18-2/h5,7H,12-14H2,1-4H3,(H,15,16). The summed E-state index contributed by atoms with van der Waals surface area (Å²) >= 11 is 0. The van der Waals surface area contributed by atoms with Crippen LogP contribution in [-0.4, -0.2) is 62.6 Å². The van der Waals surface area contributed by atoms with Crippen LogP contribution in [0.1, 0.15) is 0 Å². The second kappa shape index (κ2) is 5.28. The Hall–Kier alpha value is -1.23. The zero-order valence-corrected chi connectivity index (χ0v) is 11.9. The van der Waals surface area contributed by atoms with Crippen molar-refractivity contribution in [1.82, 2.24) is 0 Å². The van der Waals surface area contributed by atoms with Gasteiger partial charge in [-0.05, 0) is 6.08 Å². The third-order valence-electron chi connectivity index (χ3n) is 3.70. The summed E-state index contributed by atoms with van der Waals surface area (Å²) in [6.07, 6.45) is 0.107. The molecule has 0 aromatic rings. The summed E-state index contributed by atoms with van der Waals surface area (Å²) in [5.41, 5.74) is 11.9. The molecule has 0 radical (unpaired) electrons. The minimum atomic E-state index is -2.17. The van der Waals surface area contributed by atoms with Gasteiger partial charge in [-0.1, -0.05) is 0 Å². The number of carboxylic acid groups (broad SMARTS) is 1. The van der Waals surface area contributed by atoms with Gasteiger partial charge in [0.15, 0.2) is 23.1 Å². The predicted octanol–water partition coefficient (Wildman–Crippen LogP) is -2.07. The summed E-state index contributed by atoms with van der Waals surface area (Å²) in [5.74, 6) is -1.36. The number of nitrogens with two attached hydrogens (primary N) is 3. The molecule has 0 spiro atoms. The van der Waals surface area contributed by atoms with Crippen LogP contribution in [0.25, 0.3) is 0 Å². The molecule has 0 fully saturated rings. The highest BCUT2D eigenvalue weighted by Gasteiger charge is 2.70. The molecule has 1 aliphatic rings. The lowest BCUT2D eigenvalue weighted by molar-refractivity contribution is -0.255. The smallest absolute Gasteiger partial charge is 0.332 e. The minimum absolute atomic E-state index is 0.0832. The van der Waals surface area contributed by atoms with Gasteiger partial charge in [0.2, 0.25) is 0 Å². The fraction of sp³-hybridized carbons (Fsp3) is 0.727. The topological polar surface area (TPSA) is 152 Å². The molecule has 0 aromatic heterocycles.